The highest BCUT2D eigenvalue weighted by Crippen LogP contribution is 2.61. The van der Waals surface area contributed by atoms with Crippen molar-refractivity contribution in [2.75, 3.05) is 0 Å². The molecule has 0 saturated heterocycles. The predicted molar refractivity (Wildman–Crippen MR) is 75.9 cm³/mol. The summed E-state index contributed by atoms with van der Waals surface area (Å²) in [5.41, 5.74) is 1.29. The van der Waals surface area contributed by atoms with E-state index in [2.05, 4.69) is 10.3 Å². The van der Waals surface area contributed by atoms with E-state index in [-0.39, 0.29) is 0 Å². The number of aliphatic hydroxyl groups is 1. The number of rotatable bonds is 4. The number of aliphatic hydroxyl groups excluding tert-OH is 1. The van der Waals surface area contributed by atoms with Gasteiger partial charge in [0, 0.05) is 6.54 Å². The van der Waals surface area contributed by atoms with Gasteiger partial charge in [-0.3, -0.25) is 4.68 Å². The highest BCUT2D eigenvalue weighted by atomic mass is 16.3. The fourth-order valence-electron chi connectivity index (χ4n) is 5.56. The standard InChI is InChI=1S/C16H25N3O/c1-11(20)15-10-19(18-17-15)3-2-16-7-12-4-13(8-16)6-14(5-12)9-16/h10-14,20H,2-9H2,1H3. The first-order valence-corrected chi connectivity index (χ1v) is 8.20. The van der Waals surface area contributed by atoms with Crippen LogP contribution in [-0.2, 0) is 6.54 Å². The van der Waals surface area contributed by atoms with E-state index in [4.69, 9.17) is 0 Å². The fourth-order valence-corrected chi connectivity index (χ4v) is 5.56. The first kappa shape index (κ1) is 12.8. The van der Waals surface area contributed by atoms with Crippen LogP contribution in [0.4, 0.5) is 0 Å². The van der Waals surface area contributed by atoms with Crippen LogP contribution in [0.2, 0.25) is 0 Å². The minimum Gasteiger partial charge on any atom is -0.387 e. The molecule has 0 aliphatic heterocycles. The zero-order valence-corrected chi connectivity index (χ0v) is 12.3. The van der Waals surface area contributed by atoms with E-state index >= 15 is 0 Å². The molecule has 20 heavy (non-hydrogen) atoms. The summed E-state index contributed by atoms with van der Waals surface area (Å²) in [7, 11) is 0. The fraction of sp³-hybridized carbons (Fsp3) is 0.875. The average molecular weight is 275 g/mol. The van der Waals surface area contributed by atoms with Crippen LogP contribution >= 0.6 is 0 Å². The lowest BCUT2D eigenvalue weighted by Gasteiger charge is -2.57. The van der Waals surface area contributed by atoms with Gasteiger partial charge in [0.25, 0.3) is 0 Å². The van der Waals surface area contributed by atoms with E-state index in [9.17, 15) is 5.11 Å². The largest absolute Gasteiger partial charge is 0.387 e. The Morgan fingerprint density at radius 1 is 1.25 bits per heavy atom. The molecule has 4 aliphatic rings. The van der Waals surface area contributed by atoms with Gasteiger partial charge in [-0.25, -0.2) is 0 Å². The zero-order chi connectivity index (χ0) is 13.7. The Morgan fingerprint density at radius 3 is 2.35 bits per heavy atom. The van der Waals surface area contributed by atoms with E-state index in [1.165, 1.54) is 44.9 Å². The first-order chi connectivity index (χ1) is 9.62. The molecule has 110 valence electrons. The molecule has 0 amide bonds. The van der Waals surface area contributed by atoms with Crippen molar-refractivity contribution in [1.82, 2.24) is 15.0 Å². The summed E-state index contributed by atoms with van der Waals surface area (Å²) in [5, 5.41) is 17.7. The maximum atomic E-state index is 9.52. The summed E-state index contributed by atoms with van der Waals surface area (Å²) in [5.74, 6) is 3.06. The average Bonchev–Trinajstić information content (AvgIpc) is 2.84. The number of hydrogen-bond donors (Lipinski definition) is 1. The van der Waals surface area contributed by atoms with Gasteiger partial charge in [-0.05, 0) is 75.0 Å². The van der Waals surface area contributed by atoms with Gasteiger partial charge in [-0.15, -0.1) is 5.10 Å². The van der Waals surface area contributed by atoms with Crippen LogP contribution in [0.15, 0.2) is 6.20 Å². The number of hydrogen-bond acceptors (Lipinski definition) is 3. The molecule has 0 aromatic carbocycles. The van der Waals surface area contributed by atoms with E-state index in [0.717, 1.165) is 24.3 Å². The molecule has 1 heterocycles. The molecule has 1 aromatic heterocycles. The molecular weight excluding hydrogens is 250 g/mol. The summed E-state index contributed by atoms with van der Waals surface area (Å²) < 4.78 is 1.93. The molecule has 4 heteroatoms. The van der Waals surface area contributed by atoms with Crippen molar-refractivity contribution in [3.8, 4) is 0 Å². The van der Waals surface area contributed by atoms with Gasteiger partial charge < -0.3 is 5.11 Å². The second-order valence-corrected chi connectivity index (χ2v) is 7.75. The molecule has 4 saturated carbocycles. The predicted octanol–water partition coefficient (Wildman–Crippen LogP) is 2.94. The Morgan fingerprint density at radius 2 is 1.85 bits per heavy atom. The Bertz CT molecular complexity index is 458. The molecule has 1 unspecified atom stereocenters. The lowest BCUT2D eigenvalue weighted by atomic mass is 9.49. The second-order valence-electron chi connectivity index (χ2n) is 7.75. The summed E-state index contributed by atoms with van der Waals surface area (Å²) in [6.07, 6.45) is 11.5. The van der Waals surface area contributed by atoms with E-state index in [0.29, 0.717) is 11.1 Å². The Kier molecular flexibility index (Phi) is 2.92. The molecule has 4 bridgehead atoms. The van der Waals surface area contributed by atoms with Crippen LogP contribution in [0.25, 0.3) is 0 Å². The third kappa shape index (κ3) is 2.18. The quantitative estimate of drug-likeness (QED) is 0.919. The van der Waals surface area contributed by atoms with Crippen molar-refractivity contribution in [2.24, 2.45) is 23.2 Å². The Balaban J connectivity index is 1.43. The lowest BCUT2D eigenvalue weighted by Crippen LogP contribution is -2.46. The smallest absolute Gasteiger partial charge is 0.111 e. The Hall–Kier alpha value is -0.900. The van der Waals surface area contributed by atoms with Crippen LogP contribution in [0.1, 0.15) is 63.7 Å². The highest BCUT2D eigenvalue weighted by molar-refractivity contribution is 5.01. The third-order valence-electron chi connectivity index (χ3n) is 6.02. The van der Waals surface area contributed by atoms with Crippen molar-refractivity contribution in [3.63, 3.8) is 0 Å². The SMILES string of the molecule is CC(O)c1cn(CCC23CC4CC(CC(C4)C2)C3)nn1. The maximum Gasteiger partial charge on any atom is 0.111 e. The zero-order valence-electron chi connectivity index (χ0n) is 12.3. The normalized spacial score (nSPS) is 40.2. The lowest BCUT2D eigenvalue weighted by molar-refractivity contribution is -0.0596. The molecule has 5 rings (SSSR count). The van der Waals surface area contributed by atoms with E-state index < -0.39 is 6.10 Å². The third-order valence-corrected chi connectivity index (χ3v) is 6.02. The summed E-state index contributed by atoms with van der Waals surface area (Å²) >= 11 is 0. The van der Waals surface area contributed by atoms with Crippen LogP contribution < -0.4 is 0 Å². The van der Waals surface area contributed by atoms with Crippen LogP contribution in [0.5, 0.6) is 0 Å². The van der Waals surface area contributed by atoms with Crippen LogP contribution in [0.3, 0.4) is 0 Å². The minimum absolute atomic E-state index is 0.511. The minimum atomic E-state index is -0.511. The first-order valence-electron chi connectivity index (χ1n) is 8.20. The Labute approximate surface area is 120 Å². The van der Waals surface area contributed by atoms with Gasteiger partial charge in [0.1, 0.15) is 5.69 Å². The number of aromatic nitrogens is 3. The molecule has 4 nitrogen and oxygen atoms in total. The second kappa shape index (κ2) is 4.55. The van der Waals surface area contributed by atoms with Crippen molar-refractivity contribution in [1.29, 1.82) is 0 Å². The van der Waals surface area contributed by atoms with Crippen LogP contribution in [0, 0.1) is 23.2 Å². The van der Waals surface area contributed by atoms with Gasteiger partial charge >= 0.3 is 0 Å². The van der Waals surface area contributed by atoms with E-state index in [1.54, 1.807) is 6.92 Å². The number of aryl methyl sites for hydroxylation is 1. The van der Waals surface area contributed by atoms with Crippen molar-refractivity contribution < 1.29 is 5.11 Å². The van der Waals surface area contributed by atoms with Crippen molar-refractivity contribution >= 4 is 0 Å². The van der Waals surface area contributed by atoms with Crippen molar-refractivity contribution in [2.45, 2.75) is 64.5 Å². The molecular formula is C16H25N3O. The highest BCUT2D eigenvalue weighted by Gasteiger charge is 2.50. The van der Waals surface area contributed by atoms with Crippen molar-refractivity contribution in [3.05, 3.63) is 11.9 Å². The number of nitrogens with zero attached hydrogens (tertiary/aromatic N) is 3. The maximum absolute atomic E-state index is 9.52. The van der Waals surface area contributed by atoms with Gasteiger partial charge in [0.05, 0.1) is 12.3 Å². The summed E-state index contributed by atoms with van der Waals surface area (Å²) in [6, 6.07) is 0. The topological polar surface area (TPSA) is 50.9 Å². The molecule has 4 fully saturated rings. The molecule has 0 spiro atoms. The van der Waals surface area contributed by atoms with E-state index in [1.807, 2.05) is 10.9 Å². The molecule has 1 atom stereocenters. The molecule has 4 aliphatic carbocycles. The van der Waals surface area contributed by atoms with Crippen LogP contribution in [-0.4, -0.2) is 20.1 Å². The van der Waals surface area contributed by atoms with Gasteiger partial charge in [-0.2, -0.15) is 0 Å². The van der Waals surface area contributed by atoms with Gasteiger partial charge in [0.2, 0.25) is 0 Å². The molecule has 0 radical (unpaired) electrons. The molecule has 1 N–H and O–H groups in total. The monoisotopic (exact) mass is 275 g/mol. The van der Waals surface area contributed by atoms with Gasteiger partial charge in [-0.1, -0.05) is 5.21 Å². The van der Waals surface area contributed by atoms with Gasteiger partial charge in [0.15, 0.2) is 0 Å². The summed E-state index contributed by atoms with van der Waals surface area (Å²) in [6.45, 7) is 2.71. The molecule has 1 aromatic rings. The summed E-state index contributed by atoms with van der Waals surface area (Å²) in [4.78, 5) is 0.